The van der Waals surface area contributed by atoms with E-state index in [0.29, 0.717) is 18.3 Å². The van der Waals surface area contributed by atoms with Crippen LogP contribution >= 0.6 is 0 Å². The van der Waals surface area contributed by atoms with Crippen molar-refractivity contribution in [2.45, 2.75) is 63.4 Å². The summed E-state index contributed by atoms with van der Waals surface area (Å²) in [7, 11) is 0. The van der Waals surface area contributed by atoms with Gasteiger partial charge >= 0.3 is 6.18 Å². The number of aromatic amines is 1. The number of rotatable bonds is 7. The van der Waals surface area contributed by atoms with Crippen molar-refractivity contribution >= 4 is 11.0 Å². The molecule has 4 aromatic heterocycles. The summed E-state index contributed by atoms with van der Waals surface area (Å²) in [4.78, 5) is 23.9. The van der Waals surface area contributed by atoms with Gasteiger partial charge in [0.2, 0.25) is 11.7 Å². The minimum absolute atomic E-state index is 0.0225. The minimum atomic E-state index is -4.61. The lowest BCUT2D eigenvalue weighted by atomic mass is 9.84. The number of fused-ring (bicyclic) bond motifs is 1. The number of alkyl halides is 3. The van der Waals surface area contributed by atoms with Gasteiger partial charge < -0.3 is 9.72 Å². The highest BCUT2D eigenvalue weighted by molar-refractivity contribution is 5.90. The molecule has 2 aliphatic heterocycles. The van der Waals surface area contributed by atoms with E-state index in [0.717, 1.165) is 87.0 Å². The van der Waals surface area contributed by atoms with Crippen LogP contribution in [0.25, 0.3) is 22.3 Å². The Hall–Kier alpha value is -3.58. The summed E-state index contributed by atoms with van der Waals surface area (Å²) in [6.45, 7) is 3.80. The standard InChI is InChI=1S/C28H31F3N9O/c29-28(30,31)27-36-19(16-38-7-1-2-8-38)11-24(37-27)41-22-4-9-39(10-5-22)20-12-21(13-20)40-15-18(14-35-40)25-23-3-6-32-26(23)34-17-33-25/h3,6,11,14-15,17,20,22H,1-2,4-5,7-10,12-13,16H2,(H,32,33,34). The fourth-order valence-electron chi connectivity index (χ4n) is 6.09. The molecule has 3 aliphatic rings. The molecular formula is C28H31F3N9O. The van der Waals surface area contributed by atoms with Gasteiger partial charge in [-0.15, -0.1) is 0 Å². The largest absolute Gasteiger partial charge is 0.474 e. The summed E-state index contributed by atoms with van der Waals surface area (Å²) < 4.78 is 48.5. The Labute approximate surface area is 235 Å². The van der Waals surface area contributed by atoms with Crippen molar-refractivity contribution in [3.63, 3.8) is 0 Å². The van der Waals surface area contributed by atoms with E-state index in [4.69, 9.17) is 4.74 Å². The van der Waals surface area contributed by atoms with Gasteiger partial charge in [0, 0.05) is 55.1 Å². The molecular weight excluding hydrogens is 535 g/mol. The highest BCUT2D eigenvalue weighted by atomic mass is 19.4. The van der Waals surface area contributed by atoms with Gasteiger partial charge in [0.1, 0.15) is 18.1 Å². The van der Waals surface area contributed by atoms with Crippen molar-refractivity contribution < 1.29 is 17.9 Å². The molecule has 41 heavy (non-hydrogen) atoms. The predicted molar refractivity (Wildman–Crippen MR) is 144 cm³/mol. The molecule has 4 aromatic rings. The Morgan fingerprint density at radius 1 is 1.02 bits per heavy atom. The number of nitrogens with zero attached hydrogens (tertiary/aromatic N) is 8. The normalized spacial score (nSPS) is 20.2. The third-order valence-electron chi connectivity index (χ3n) is 8.35. The quantitative estimate of drug-likeness (QED) is 0.353. The fraction of sp³-hybridized carbons (Fsp3) is 0.500. The van der Waals surface area contributed by atoms with Crippen LogP contribution in [0.4, 0.5) is 13.2 Å². The number of hydrogen-bond donors (Lipinski definition) is 1. The first kappa shape index (κ1) is 26.3. The Kier molecular flexibility index (Phi) is 6.86. The Morgan fingerprint density at radius 2 is 1.83 bits per heavy atom. The Morgan fingerprint density at radius 3 is 2.61 bits per heavy atom. The first-order chi connectivity index (χ1) is 19.9. The van der Waals surface area contributed by atoms with E-state index in [-0.39, 0.29) is 12.0 Å². The number of likely N-dealkylation sites (tertiary alicyclic amines) is 2. The SMILES string of the molecule is FC(F)(F)c1nc(CN2CCCC2)cc(OC2CCN(C3C[C](n4cc(-c5ncnc6[nH]ccc56)cn4)C3)CC2)n1. The monoisotopic (exact) mass is 566 g/mol. The average molecular weight is 567 g/mol. The minimum Gasteiger partial charge on any atom is -0.474 e. The molecule has 2 saturated heterocycles. The highest BCUT2D eigenvalue weighted by Gasteiger charge is 2.39. The smallest absolute Gasteiger partial charge is 0.451 e. The van der Waals surface area contributed by atoms with Gasteiger partial charge in [0.05, 0.1) is 23.6 Å². The number of halogens is 3. The van der Waals surface area contributed by atoms with E-state index in [1.165, 1.54) is 6.04 Å². The molecule has 3 fully saturated rings. The van der Waals surface area contributed by atoms with Gasteiger partial charge in [0.25, 0.3) is 0 Å². The predicted octanol–water partition coefficient (Wildman–Crippen LogP) is 4.31. The van der Waals surface area contributed by atoms with Crippen LogP contribution in [0.1, 0.15) is 50.0 Å². The average Bonchev–Trinajstić information content (AvgIpc) is 3.71. The lowest BCUT2D eigenvalue weighted by molar-refractivity contribution is -0.145. The van der Waals surface area contributed by atoms with E-state index < -0.39 is 12.0 Å². The van der Waals surface area contributed by atoms with Crippen LogP contribution in [0, 0.1) is 6.04 Å². The summed E-state index contributed by atoms with van der Waals surface area (Å²) in [6.07, 6.45) is 7.94. The number of hydrogen-bond acceptors (Lipinski definition) is 8. The first-order valence-corrected chi connectivity index (χ1v) is 14.2. The maximum atomic E-state index is 13.5. The number of aromatic nitrogens is 7. The van der Waals surface area contributed by atoms with Gasteiger partial charge in [-0.25, -0.2) is 15.0 Å². The van der Waals surface area contributed by atoms with E-state index in [2.05, 4.69) is 39.8 Å². The van der Waals surface area contributed by atoms with Crippen molar-refractivity contribution in [1.82, 2.24) is 44.5 Å². The molecule has 0 unspecified atom stereocenters. The maximum Gasteiger partial charge on any atom is 0.451 e. The molecule has 1 aliphatic carbocycles. The fourth-order valence-corrected chi connectivity index (χ4v) is 6.09. The third-order valence-corrected chi connectivity index (χ3v) is 8.35. The van der Waals surface area contributed by atoms with Crippen LogP contribution in [0.2, 0.25) is 0 Å². The zero-order chi connectivity index (χ0) is 28.0. The molecule has 1 saturated carbocycles. The van der Waals surface area contributed by atoms with Crippen LogP contribution in [0.15, 0.2) is 37.1 Å². The zero-order valence-electron chi connectivity index (χ0n) is 22.5. The van der Waals surface area contributed by atoms with Crippen molar-refractivity contribution in [1.29, 1.82) is 0 Å². The second-order valence-corrected chi connectivity index (χ2v) is 11.1. The molecule has 10 nitrogen and oxygen atoms in total. The molecule has 0 atom stereocenters. The maximum absolute atomic E-state index is 13.5. The molecule has 13 heteroatoms. The first-order valence-electron chi connectivity index (χ1n) is 14.2. The van der Waals surface area contributed by atoms with E-state index >= 15 is 0 Å². The van der Waals surface area contributed by atoms with Crippen LogP contribution in [0.3, 0.4) is 0 Å². The van der Waals surface area contributed by atoms with E-state index in [9.17, 15) is 13.2 Å². The van der Waals surface area contributed by atoms with Gasteiger partial charge in [-0.2, -0.15) is 23.3 Å². The van der Waals surface area contributed by atoms with Crippen molar-refractivity contribution in [2.24, 2.45) is 0 Å². The van der Waals surface area contributed by atoms with Gasteiger partial charge in [-0.1, -0.05) is 0 Å². The van der Waals surface area contributed by atoms with Crippen molar-refractivity contribution in [3.8, 4) is 17.1 Å². The molecule has 0 spiro atoms. The molecule has 0 amide bonds. The van der Waals surface area contributed by atoms with Gasteiger partial charge in [0.15, 0.2) is 0 Å². The van der Waals surface area contributed by atoms with Crippen LogP contribution in [0.5, 0.6) is 5.88 Å². The Bertz CT molecular complexity index is 1500. The summed E-state index contributed by atoms with van der Waals surface area (Å²) >= 11 is 0. The van der Waals surface area contributed by atoms with Gasteiger partial charge in [-0.3, -0.25) is 14.5 Å². The van der Waals surface area contributed by atoms with Crippen molar-refractivity contribution in [2.75, 3.05) is 26.2 Å². The summed E-state index contributed by atoms with van der Waals surface area (Å²) in [6, 6.07) is 5.23. The molecule has 0 aromatic carbocycles. The molecule has 6 heterocycles. The summed E-state index contributed by atoms with van der Waals surface area (Å²) in [5, 5.41) is 5.55. The Balaban J connectivity index is 0.935. The molecule has 1 radical (unpaired) electrons. The molecule has 0 bridgehead atoms. The van der Waals surface area contributed by atoms with Crippen LogP contribution < -0.4 is 4.74 Å². The highest BCUT2D eigenvalue weighted by Crippen LogP contribution is 2.37. The van der Waals surface area contributed by atoms with Crippen LogP contribution in [-0.2, 0) is 12.7 Å². The lowest BCUT2D eigenvalue weighted by Gasteiger charge is -2.45. The zero-order valence-corrected chi connectivity index (χ0v) is 22.5. The van der Waals surface area contributed by atoms with Crippen molar-refractivity contribution in [3.05, 3.63) is 54.6 Å². The summed E-state index contributed by atoms with van der Waals surface area (Å²) in [5.74, 6) is -1.10. The number of ether oxygens (including phenoxy) is 1. The van der Waals surface area contributed by atoms with E-state index in [1.807, 2.05) is 29.3 Å². The second-order valence-electron chi connectivity index (χ2n) is 11.1. The van der Waals surface area contributed by atoms with Gasteiger partial charge in [-0.05, 0) is 57.7 Å². The topological polar surface area (TPSA) is 101 Å². The third kappa shape index (κ3) is 5.52. The lowest BCUT2D eigenvalue weighted by Crippen LogP contribution is -2.50. The number of piperidine rings is 1. The molecule has 1 N–H and O–H groups in total. The summed E-state index contributed by atoms with van der Waals surface area (Å²) in [5.41, 5.74) is 2.97. The second kappa shape index (κ2) is 10.7. The molecule has 7 rings (SSSR count). The number of H-pyrrole nitrogens is 1. The number of nitrogens with one attached hydrogen (secondary N) is 1. The van der Waals surface area contributed by atoms with E-state index in [1.54, 1.807) is 12.4 Å². The van der Waals surface area contributed by atoms with Crippen LogP contribution in [-0.4, -0.2) is 82.8 Å². The molecule has 215 valence electrons.